The lowest BCUT2D eigenvalue weighted by Gasteiger charge is -2.12. The highest BCUT2D eigenvalue weighted by atomic mass is 16.1. The summed E-state index contributed by atoms with van der Waals surface area (Å²) in [6, 6.07) is 0. The summed E-state index contributed by atoms with van der Waals surface area (Å²) in [5, 5.41) is 0. The molecule has 0 unspecified atom stereocenters. The number of carbonyl (C=O) groups is 3. The van der Waals surface area contributed by atoms with Crippen LogP contribution in [0, 0.1) is 0 Å². The molecule has 5 heteroatoms. The smallest absolute Gasteiger partial charge is 0.252 e. The fourth-order valence-electron chi connectivity index (χ4n) is 0.618. The zero-order valence-electron chi connectivity index (χ0n) is 5.95. The van der Waals surface area contributed by atoms with Crippen molar-refractivity contribution in [2.24, 2.45) is 0 Å². The van der Waals surface area contributed by atoms with Gasteiger partial charge >= 0.3 is 0 Å². The van der Waals surface area contributed by atoms with Gasteiger partial charge in [-0.1, -0.05) is 0 Å². The third kappa shape index (κ3) is 5.23. The van der Waals surface area contributed by atoms with Gasteiger partial charge in [0.1, 0.15) is 12.6 Å². The Hall–Kier alpha value is -1.23. The van der Waals surface area contributed by atoms with Crippen molar-refractivity contribution in [1.29, 1.82) is 0 Å². The SMILES string of the molecule is [NH]C(=O)CN(CC=O)CC=O. The average molecular weight is 157 g/mol. The molecular weight excluding hydrogens is 148 g/mol. The van der Waals surface area contributed by atoms with Crippen molar-refractivity contribution < 1.29 is 14.4 Å². The summed E-state index contributed by atoms with van der Waals surface area (Å²) >= 11 is 0. The van der Waals surface area contributed by atoms with Crippen LogP contribution in [0.15, 0.2) is 0 Å². The molecule has 1 amide bonds. The van der Waals surface area contributed by atoms with Crippen LogP contribution in [0.3, 0.4) is 0 Å². The molecule has 0 aliphatic heterocycles. The molecule has 0 aromatic rings. The van der Waals surface area contributed by atoms with Gasteiger partial charge in [-0.3, -0.25) is 15.4 Å². The maximum absolute atomic E-state index is 10.2. The summed E-state index contributed by atoms with van der Waals surface area (Å²) in [6.07, 6.45) is 1.18. The van der Waals surface area contributed by atoms with E-state index < -0.39 is 5.91 Å². The van der Waals surface area contributed by atoms with E-state index in [0.29, 0.717) is 12.6 Å². The van der Waals surface area contributed by atoms with Crippen LogP contribution in [0.2, 0.25) is 0 Å². The van der Waals surface area contributed by atoms with Crippen LogP contribution in [0.4, 0.5) is 0 Å². The Balaban J connectivity index is 3.76. The Morgan fingerprint density at radius 3 is 2.00 bits per heavy atom. The number of nitrogens with one attached hydrogen (secondary N) is 1. The number of amides is 1. The Labute approximate surface area is 64.1 Å². The van der Waals surface area contributed by atoms with Crippen LogP contribution in [-0.2, 0) is 14.4 Å². The third-order valence-corrected chi connectivity index (χ3v) is 1.03. The average Bonchev–Trinajstić information content (AvgIpc) is 1.87. The monoisotopic (exact) mass is 157 g/mol. The molecule has 0 atom stereocenters. The molecule has 0 heterocycles. The number of carbonyl (C=O) groups excluding carboxylic acids is 3. The molecule has 0 fully saturated rings. The number of aldehydes is 2. The molecule has 11 heavy (non-hydrogen) atoms. The van der Waals surface area contributed by atoms with Crippen molar-refractivity contribution in [2.45, 2.75) is 0 Å². The Morgan fingerprint density at radius 2 is 1.73 bits per heavy atom. The summed E-state index contributed by atoms with van der Waals surface area (Å²) in [7, 11) is 0. The molecule has 5 nitrogen and oxygen atoms in total. The van der Waals surface area contributed by atoms with Gasteiger partial charge in [0.25, 0.3) is 5.91 Å². The maximum Gasteiger partial charge on any atom is 0.252 e. The quantitative estimate of drug-likeness (QED) is 0.439. The van der Waals surface area contributed by atoms with Crippen LogP contribution in [0.5, 0.6) is 0 Å². The van der Waals surface area contributed by atoms with Gasteiger partial charge in [-0.05, 0) is 0 Å². The molecule has 0 bridgehead atoms. The van der Waals surface area contributed by atoms with E-state index in [1.54, 1.807) is 0 Å². The first-order valence-electron chi connectivity index (χ1n) is 3.04. The van der Waals surface area contributed by atoms with E-state index in [-0.39, 0.29) is 19.6 Å². The molecule has 61 valence electrons. The van der Waals surface area contributed by atoms with Crippen LogP contribution in [0.1, 0.15) is 0 Å². The van der Waals surface area contributed by atoms with Gasteiger partial charge in [0.05, 0.1) is 19.6 Å². The van der Waals surface area contributed by atoms with E-state index in [9.17, 15) is 14.4 Å². The molecule has 0 aliphatic rings. The van der Waals surface area contributed by atoms with Crippen molar-refractivity contribution >= 4 is 18.5 Å². The van der Waals surface area contributed by atoms with Gasteiger partial charge in [0.15, 0.2) is 0 Å². The van der Waals surface area contributed by atoms with E-state index >= 15 is 0 Å². The number of hydrogen-bond donors (Lipinski definition) is 0. The number of hydrogen-bond acceptors (Lipinski definition) is 4. The molecule has 0 aromatic carbocycles. The fraction of sp³-hybridized carbons (Fsp3) is 0.500. The minimum Gasteiger partial charge on any atom is -0.302 e. The standard InChI is InChI=1S/C6H9N2O3/c7-6(11)5-8(1-3-9)2-4-10/h3-4,7H,1-2,5H2. The third-order valence-electron chi connectivity index (χ3n) is 1.03. The molecule has 0 saturated carbocycles. The molecule has 0 aromatic heterocycles. The van der Waals surface area contributed by atoms with Gasteiger partial charge in [0.2, 0.25) is 0 Å². The second-order valence-corrected chi connectivity index (χ2v) is 1.95. The molecule has 0 aliphatic carbocycles. The van der Waals surface area contributed by atoms with Gasteiger partial charge in [0, 0.05) is 0 Å². The summed E-state index contributed by atoms with van der Waals surface area (Å²) in [5.41, 5.74) is 6.55. The summed E-state index contributed by atoms with van der Waals surface area (Å²) in [5.74, 6) is -0.797. The summed E-state index contributed by atoms with van der Waals surface area (Å²) in [6.45, 7) is -0.135. The van der Waals surface area contributed by atoms with Crippen molar-refractivity contribution in [1.82, 2.24) is 10.6 Å². The number of rotatable bonds is 6. The Kier molecular flexibility index (Phi) is 4.93. The van der Waals surface area contributed by atoms with Gasteiger partial charge in [-0.2, -0.15) is 0 Å². The van der Waals surface area contributed by atoms with Gasteiger partial charge in [-0.15, -0.1) is 0 Å². The van der Waals surface area contributed by atoms with Crippen LogP contribution in [0.25, 0.3) is 0 Å². The second kappa shape index (κ2) is 5.55. The van der Waals surface area contributed by atoms with Crippen molar-refractivity contribution in [3.05, 3.63) is 0 Å². The van der Waals surface area contributed by atoms with E-state index in [1.807, 2.05) is 0 Å². The van der Waals surface area contributed by atoms with E-state index in [2.05, 4.69) is 0 Å². The molecule has 0 rings (SSSR count). The predicted molar refractivity (Wildman–Crippen MR) is 36.7 cm³/mol. The lowest BCUT2D eigenvalue weighted by molar-refractivity contribution is -0.120. The van der Waals surface area contributed by atoms with Crippen molar-refractivity contribution in [2.75, 3.05) is 19.6 Å². The number of nitrogens with zero attached hydrogens (tertiary/aromatic N) is 1. The van der Waals surface area contributed by atoms with Gasteiger partial charge in [-0.25, -0.2) is 0 Å². The fourth-order valence-corrected chi connectivity index (χ4v) is 0.618. The Bertz CT molecular complexity index is 148. The van der Waals surface area contributed by atoms with E-state index in [4.69, 9.17) is 5.73 Å². The highest BCUT2D eigenvalue weighted by Crippen LogP contribution is 1.82. The van der Waals surface area contributed by atoms with Crippen molar-refractivity contribution in [3.8, 4) is 0 Å². The van der Waals surface area contributed by atoms with Crippen LogP contribution >= 0.6 is 0 Å². The highest BCUT2D eigenvalue weighted by molar-refractivity contribution is 5.76. The van der Waals surface area contributed by atoms with Crippen LogP contribution < -0.4 is 5.73 Å². The first kappa shape index (κ1) is 9.77. The lowest BCUT2D eigenvalue weighted by Crippen LogP contribution is -2.33. The van der Waals surface area contributed by atoms with Crippen LogP contribution in [-0.4, -0.2) is 43.0 Å². The first-order valence-corrected chi connectivity index (χ1v) is 3.04. The first-order chi connectivity index (χ1) is 5.20. The molecule has 1 N–H and O–H groups in total. The van der Waals surface area contributed by atoms with Gasteiger partial charge < -0.3 is 9.59 Å². The molecule has 1 radical (unpaired) electrons. The summed E-state index contributed by atoms with van der Waals surface area (Å²) < 4.78 is 0. The minimum atomic E-state index is -0.797. The minimum absolute atomic E-state index is 0.0172. The Morgan fingerprint density at radius 1 is 1.27 bits per heavy atom. The highest BCUT2D eigenvalue weighted by Gasteiger charge is 2.05. The van der Waals surface area contributed by atoms with Crippen molar-refractivity contribution in [3.63, 3.8) is 0 Å². The zero-order valence-corrected chi connectivity index (χ0v) is 5.95. The molecule has 0 saturated heterocycles. The zero-order chi connectivity index (χ0) is 8.69. The molecular formula is C6H9N2O3. The lowest BCUT2D eigenvalue weighted by atomic mass is 10.4. The largest absolute Gasteiger partial charge is 0.302 e. The van der Waals surface area contributed by atoms with E-state index in [0.717, 1.165) is 0 Å². The molecule has 0 spiro atoms. The topological polar surface area (TPSA) is 78.2 Å². The second-order valence-electron chi connectivity index (χ2n) is 1.95. The van der Waals surface area contributed by atoms with E-state index in [1.165, 1.54) is 4.90 Å². The maximum atomic E-state index is 10.2. The summed E-state index contributed by atoms with van der Waals surface area (Å²) in [4.78, 5) is 31.4. The predicted octanol–water partition coefficient (Wildman–Crippen LogP) is -1.50. The normalized spacial score (nSPS) is 9.55.